The van der Waals surface area contributed by atoms with Crippen molar-refractivity contribution in [2.24, 2.45) is 0 Å². The Labute approximate surface area is 138 Å². The van der Waals surface area contributed by atoms with Crippen LogP contribution in [0.3, 0.4) is 0 Å². The summed E-state index contributed by atoms with van der Waals surface area (Å²) in [6.45, 7) is 3.23. The highest BCUT2D eigenvalue weighted by atomic mass is 16.5. The van der Waals surface area contributed by atoms with Gasteiger partial charge in [-0.2, -0.15) is 0 Å². The highest BCUT2D eigenvalue weighted by molar-refractivity contribution is 5.82. The third kappa shape index (κ3) is 4.44. The van der Waals surface area contributed by atoms with Crippen LogP contribution in [0.2, 0.25) is 0 Å². The largest absolute Gasteiger partial charge is 0.378 e. The molecule has 0 aromatic heterocycles. The van der Waals surface area contributed by atoms with Crippen molar-refractivity contribution in [1.82, 2.24) is 14.7 Å². The molecule has 0 atom stereocenters. The average molecular weight is 323 g/mol. The zero-order chi connectivity index (χ0) is 16.2. The first kappa shape index (κ1) is 16.7. The molecule has 3 aliphatic rings. The average Bonchev–Trinajstić information content (AvgIpc) is 3.22. The zero-order valence-corrected chi connectivity index (χ0v) is 14.2. The molecule has 1 saturated heterocycles. The lowest BCUT2D eigenvalue weighted by molar-refractivity contribution is -0.138. The summed E-state index contributed by atoms with van der Waals surface area (Å²) in [4.78, 5) is 30.8. The van der Waals surface area contributed by atoms with E-state index in [0.29, 0.717) is 51.5 Å². The van der Waals surface area contributed by atoms with Crippen molar-refractivity contribution in [2.45, 2.75) is 50.6 Å². The molecule has 130 valence electrons. The Kier molecular flexibility index (Phi) is 5.54. The summed E-state index contributed by atoms with van der Waals surface area (Å²) < 4.78 is 5.27. The van der Waals surface area contributed by atoms with Crippen LogP contribution in [0.5, 0.6) is 0 Å². The van der Waals surface area contributed by atoms with Gasteiger partial charge in [-0.15, -0.1) is 0 Å². The minimum atomic E-state index is 0.0995. The molecule has 23 heavy (non-hydrogen) atoms. The van der Waals surface area contributed by atoms with E-state index in [-0.39, 0.29) is 11.8 Å². The maximum Gasteiger partial charge on any atom is 0.237 e. The van der Waals surface area contributed by atoms with E-state index in [2.05, 4.69) is 4.90 Å². The molecule has 2 saturated carbocycles. The van der Waals surface area contributed by atoms with Crippen LogP contribution in [-0.4, -0.2) is 85.0 Å². The van der Waals surface area contributed by atoms with Crippen LogP contribution in [0, 0.1) is 0 Å². The molecule has 2 amide bonds. The number of hydrogen-bond acceptors (Lipinski definition) is 4. The Morgan fingerprint density at radius 3 is 2.22 bits per heavy atom. The number of carbonyl (C=O) groups is 2. The molecule has 2 aliphatic carbocycles. The lowest BCUT2D eigenvalue weighted by Gasteiger charge is -2.32. The van der Waals surface area contributed by atoms with Gasteiger partial charge in [-0.1, -0.05) is 12.8 Å². The summed E-state index contributed by atoms with van der Waals surface area (Å²) in [5.41, 5.74) is 0. The normalized spacial score (nSPS) is 22.6. The number of rotatable bonds is 6. The second-order valence-corrected chi connectivity index (χ2v) is 7.14. The molecular weight excluding hydrogens is 294 g/mol. The summed E-state index contributed by atoms with van der Waals surface area (Å²) in [5, 5.41) is 0. The highest BCUT2D eigenvalue weighted by Crippen LogP contribution is 2.34. The topological polar surface area (TPSA) is 53.1 Å². The molecule has 3 rings (SSSR count). The summed E-state index contributed by atoms with van der Waals surface area (Å²) in [6, 6.07) is 0.910. The number of hydrogen-bond donors (Lipinski definition) is 0. The fraction of sp³-hybridized carbons (Fsp3) is 0.882. The summed E-state index contributed by atoms with van der Waals surface area (Å²) in [6.07, 6.45) is 7.09. The lowest BCUT2D eigenvalue weighted by atomic mass is 10.2. The SMILES string of the molecule is CN(CC(=O)N1CCOCC1)CC(=O)N(C1CCCC1)C1CC1. The Morgan fingerprint density at radius 1 is 1.00 bits per heavy atom. The molecule has 0 bridgehead atoms. The van der Waals surface area contributed by atoms with Gasteiger partial charge in [0, 0.05) is 25.2 Å². The van der Waals surface area contributed by atoms with E-state index in [1.165, 1.54) is 12.8 Å². The van der Waals surface area contributed by atoms with Crippen LogP contribution < -0.4 is 0 Å². The van der Waals surface area contributed by atoms with Gasteiger partial charge >= 0.3 is 0 Å². The number of likely N-dealkylation sites (N-methyl/N-ethyl adjacent to an activating group) is 1. The van der Waals surface area contributed by atoms with E-state index < -0.39 is 0 Å². The predicted octanol–water partition coefficient (Wildman–Crippen LogP) is 0.711. The van der Waals surface area contributed by atoms with Gasteiger partial charge < -0.3 is 14.5 Å². The number of amides is 2. The third-order valence-electron chi connectivity index (χ3n) is 5.12. The Hall–Kier alpha value is -1.14. The number of nitrogens with zero attached hydrogens (tertiary/aromatic N) is 3. The van der Waals surface area contributed by atoms with E-state index in [4.69, 9.17) is 4.74 Å². The van der Waals surface area contributed by atoms with Crippen molar-refractivity contribution < 1.29 is 14.3 Å². The molecule has 6 nitrogen and oxygen atoms in total. The van der Waals surface area contributed by atoms with Gasteiger partial charge in [0.1, 0.15) is 0 Å². The Balaban J connectivity index is 1.48. The minimum Gasteiger partial charge on any atom is -0.378 e. The van der Waals surface area contributed by atoms with Crippen LogP contribution in [0.4, 0.5) is 0 Å². The maximum atomic E-state index is 12.7. The second kappa shape index (κ2) is 7.62. The first-order valence-corrected chi connectivity index (χ1v) is 9.00. The van der Waals surface area contributed by atoms with Gasteiger partial charge in [0.25, 0.3) is 0 Å². The van der Waals surface area contributed by atoms with Crippen molar-refractivity contribution in [3.63, 3.8) is 0 Å². The van der Waals surface area contributed by atoms with Gasteiger partial charge in [-0.25, -0.2) is 0 Å². The first-order chi connectivity index (χ1) is 11.1. The van der Waals surface area contributed by atoms with Crippen molar-refractivity contribution >= 4 is 11.8 Å². The minimum absolute atomic E-state index is 0.0995. The quantitative estimate of drug-likeness (QED) is 0.722. The third-order valence-corrected chi connectivity index (χ3v) is 5.12. The molecule has 3 fully saturated rings. The molecule has 0 unspecified atom stereocenters. The van der Waals surface area contributed by atoms with Crippen LogP contribution in [0.15, 0.2) is 0 Å². The van der Waals surface area contributed by atoms with E-state index in [0.717, 1.165) is 25.7 Å². The van der Waals surface area contributed by atoms with E-state index >= 15 is 0 Å². The number of morpholine rings is 1. The number of carbonyl (C=O) groups excluding carboxylic acids is 2. The molecule has 0 spiro atoms. The smallest absolute Gasteiger partial charge is 0.237 e. The second-order valence-electron chi connectivity index (χ2n) is 7.14. The van der Waals surface area contributed by atoms with Gasteiger partial charge in [0.05, 0.1) is 26.3 Å². The molecule has 6 heteroatoms. The molecule has 0 radical (unpaired) electrons. The van der Waals surface area contributed by atoms with Crippen molar-refractivity contribution in [3.8, 4) is 0 Å². The van der Waals surface area contributed by atoms with Crippen LogP contribution >= 0.6 is 0 Å². The Morgan fingerprint density at radius 2 is 1.61 bits per heavy atom. The predicted molar refractivity (Wildman–Crippen MR) is 87.0 cm³/mol. The van der Waals surface area contributed by atoms with Crippen LogP contribution in [-0.2, 0) is 14.3 Å². The maximum absolute atomic E-state index is 12.7. The van der Waals surface area contributed by atoms with Gasteiger partial charge in [-0.05, 0) is 32.7 Å². The zero-order valence-electron chi connectivity index (χ0n) is 14.2. The monoisotopic (exact) mass is 323 g/mol. The lowest BCUT2D eigenvalue weighted by Crippen LogP contribution is -2.49. The fourth-order valence-electron chi connectivity index (χ4n) is 3.75. The molecule has 0 aromatic carbocycles. The highest BCUT2D eigenvalue weighted by Gasteiger charge is 2.38. The Bertz CT molecular complexity index is 427. The summed E-state index contributed by atoms with van der Waals surface area (Å²) >= 11 is 0. The van der Waals surface area contributed by atoms with Gasteiger partial charge in [0.15, 0.2) is 0 Å². The van der Waals surface area contributed by atoms with Crippen molar-refractivity contribution in [1.29, 1.82) is 0 Å². The van der Waals surface area contributed by atoms with E-state index in [1.54, 1.807) is 0 Å². The summed E-state index contributed by atoms with van der Waals surface area (Å²) in [5.74, 6) is 0.305. The molecule has 0 aromatic rings. The molecule has 1 aliphatic heterocycles. The van der Waals surface area contributed by atoms with Gasteiger partial charge in [-0.3, -0.25) is 14.5 Å². The van der Waals surface area contributed by atoms with Gasteiger partial charge in [0.2, 0.25) is 11.8 Å². The first-order valence-electron chi connectivity index (χ1n) is 9.00. The van der Waals surface area contributed by atoms with Crippen LogP contribution in [0.25, 0.3) is 0 Å². The number of ether oxygens (including phenoxy) is 1. The standard InChI is InChI=1S/C17H29N3O3/c1-18(12-16(21)19-8-10-23-11-9-19)13-17(22)20(15-6-7-15)14-4-2-3-5-14/h14-15H,2-13H2,1H3. The molecule has 1 heterocycles. The fourth-order valence-corrected chi connectivity index (χ4v) is 3.75. The van der Waals surface area contributed by atoms with Crippen molar-refractivity contribution in [3.05, 3.63) is 0 Å². The van der Waals surface area contributed by atoms with E-state index in [1.807, 2.05) is 16.8 Å². The van der Waals surface area contributed by atoms with Crippen molar-refractivity contribution in [2.75, 3.05) is 46.4 Å². The van der Waals surface area contributed by atoms with E-state index in [9.17, 15) is 9.59 Å². The van der Waals surface area contributed by atoms with Crippen LogP contribution in [0.1, 0.15) is 38.5 Å². The summed E-state index contributed by atoms with van der Waals surface area (Å²) in [7, 11) is 1.87. The molecular formula is C17H29N3O3. The molecule has 0 N–H and O–H groups in total.